The lowest BCUT2D eigenvalue weighted by Crippen LogP contribution is -2.38. The van der Waals surface area contributed by atoms with Crippen molar-refractivity contribution in [3.63, 3.8) is 0 Å². The number of aliphatic hydroxyl groups is 6. The molecule has 8 atom stereocenters. The average molecular weight is 282 g/mol. The number of hydrogen-bond donors (Lipinski definition) is 6. The maximum atomic E-state index is 9.59. The molecule has 0 amide bonds. The van der Waals surface area contributed by atoms with Crippen LogP contribution in [0, 0.1) is 0 Å². The highest BCUT2D eigenvalue weighted by Gasteiger charge is 2.46. The Morgan fingerprint density at radius 1 is 0.789 bits per heavy atom. The molecule has 0 radical (unpaired) electrons. The van der Waals surface area contributed by atoms with Crippen molar-refractivity contribution in [2.75, 3.05) is 13.2 Å². The van der Waals surface area contributed by atoms with Crippen LogP contribution in [-0.2, 0) is 14.2 Å². The van der Waals surface area contributed by atoms with Gasteiger partial charge in [-0.25, -0.2) is 0 Å². The van der Waals surface area contributed by atoms with E-state index in [1.54, 1.807) is 0 Å². The Morgan fingerprint density at radius 3 is 1.89 bits per heavy atom. The Kier molecular flexibility index (Phi) is 4.71. The molecule has 0 spiro atoms. The highest BCUT2D eigenvalue weighted by Crippen LogP contribution is 2.24. The second-order valence-corrected chi connectivity index (χ2v) is 4.59. The monoisotopic (exact) mass is 282 g/mol. The third-order valence-electron chi connectivity index (χ3n) is 3.26. The van der Waals surface area contributed by atoms with E-state index in [0.29, 0.717) is 0 Å². The van der Waals surface area contributed by atoms with E-state index < -0.39 is 55.8 Å². The van der Waals surface area contributed by atoms with E-state index in [2.05, 4.69) is 0 Å². The fourth-order valence-corrected chi connectivity index (χ4v) is 2.06. The minimum atomic E-state index is -1.51. The Balaban J connectivity index is 1.83. The SMILES string of the molecule is OC[C@H]1O[C@H](OC[C@H]2O[C@H](O)[C@@H](O)[C@@H]2O)[C@@H](O)[C@@H]1O. The summed E-state index contributed by atoms with van der Waals surface area (Å²) in [5.41, 5.74) is 0. The van der Waals surface area contributed by atoms with E-state index >= 15 is 0 Å². The molecule has 112 valence electrons. The van der Waals surface area contributed by atoms with Crippen molar-refractivity contribution in [1.29, 1.82) is 0 Å². The Morgan fingerprint density at radius 2 is 1.42 bits per heavy atom. The standard InChI is InChI=1S/C10H18O9/c11-1-3-5(12)8(15)10(19-3)17-2-4-6(13)7(14)9(16)18-4/h3-16H,1-2H2/t3-,4-,5-,6-,7+,8+,9+,10+/m1/s1. The van der Waals surface area contributed by atoms with Crippen LogP contribution in [0.15, 0.2) is 0 Å². The van der Waals surface area contributed by atoms with Gasteiger partial charge in [0.2, 0.25) is 0 Å². The molecule has 9 nitrogen and oxygen atoms in total. The van der Waals surface area contributed by atoms with E-state index in [1.807, 2.05) is 0 Å². The third kappa shape index (κ3) is 2.89. The summed E-state index contributed by atoms with van der Waals surface area (Å²) >= 11 is 0. The smallest absolute Gasteiger partial charge is 0.186 e. The molecule has 2 rings (SSSR count). The summed E-state index contributed by atoms with van der Waals surface area (Å²) in [5, 5.41) is 55.9. The molecule has 6 N–H and O–H groups in total. The summed E-state index contributed by atoms with van der Waals surface area (Å²) in [6.07, 6.45) is -10.00. The van der Waals surface area contributed by atoms with Crippen molar-refractivity contribution in [3.05, 3.63) is 0 Å². The van der Waals surface area contributed by atoms with Gasteiger partial charge in [-0.1, -0.05) is 0 Å². The van der Waals surface area contributed by atoms with Crippen LogP contribution in [0.1, 0.15) is 0 Å². The first kappa shape index (κ1) is 15.0. The summed E-state index contributed by atoms with van der Waals surface area (Å²) in [6, 6.07) is 0. The summed E-state index contributed by atoms with van der Waals surface area (Å²) in [5.74, 6) is 0. The molecule has 2 heterocycles. The quantitative estimate of drug-likeness (QED) is 0.302. The molecule has 9 heteroatoms. The molecule has 0 aromatic rings. The van der Waals surface area contributed by atoms with Gasteiger partial charge in [0.1, 0.15) is 36.6 Å². The number of hydrogen-bond acceptors (Lipinski definition) is 9. The second kappa shape index (κ2) is 5.95. The van der Waals surface area contributed by atoms with E-state index in [9.17, 15) is 20.4 Å². The molecule has 0 bridgehead atoms. The van der Waals surface area contributed by atoms with Gasteiger partial charge in [0.15, 0.2) is 12.6 Å². The fraction of sp³-hybridized carbons (Fsp3) is 1.00. The lowest BCUT2D eigenvalue weighted by molar-refractivity contribution is -0.197. The van der Waals surface area contributed by atoms with Gasteiger partial charge < -0.3 is 44.8 Å². The van der Waals surface area contributed by atoms with Crippen molar-refractivity contribution in [1.82, 2.24) is 0 Å². The van der Waals surface area contributed by atoms with Crippen LogP contribution in [0.2, 0.25) is 0 Å². The van der Waals surface area contributed by atoms with E-state index in [4.69, 9.17) is 24.4 Å². The van der Waals surface area contributed by atoms with Gasteiger partial charge in [0.05, 0.1) is 13.2 Å². The van der Waals surface area contributed by atoms with Crippen molar-refractivity contribution >= 4 is 0 Å². The lowest BCUT2D eigenvalue weighted by Gasteiger charge is -2.19. The van der Waals surface area contributed by atoms with Crippen LogP contribution in [-0.4, -0.2) is 93.1 Å². The Labute approximate surface area is 108 Å². The Bertz CT molecular complexity index is 301. The average Bonchev–Trinajstić information content (AvgIpc) is 2.81. The van der Waals surface area contributed by atoms with Gasteiger partial charge in [-0.2, -0.15) is 0 Å². The van der Waals surface area contributed by atoms with Crippen molar-refractivity contribution < 1.29 is 44.8 Å². The van der Waals surface area contributed by atoms with Crippen molar-refractivity contribution in [3.8, 4) is 0 Å². The van der Waals surface area contributed by atoms with Gasteiger partial charge in [-0.05, 0) is 0 Å². The zero-order chi connectivity index (χ0) is 14.2. The zero-order valence-corrected chi connectivity index (χ0v) is 9.94. The molecular weight excluding hydrogens is 264 g/mol. The van der Waals surface area contributed by atoms with Gasteiger partial charge in [-0.15, -0.1) is 0 Å². The molecule has 0 unspecified atom stereocenters. The summed E-state index contributed by atoms with van der Waals surface area (Å²) in [4.78, 5) is 0. The lowest BCUT2D eigenvalue weighted by atomic mass is 10.1. The van der Waals surface area contributed by atoms with Crippen LogP contribution in [0.5, 0.6) is 0 Å². The highest BCUT2D eigenvalue weighted by molar-refractivity contribution is 4.88. The van der Waals surface area contributed by atoms with Crippen LogP contribution >= 0.6 is 0 Å². The molecule has 2 saturated heterocycles. The number of rotatable bonds is 4. The molecule has 2 aliphatic rings. The normalized spacial score (nSPS) is 50.8. The fourth-order valence-electron chi connectivity index (χ4n) is 2.06. The summed E-state index contributed by atoms with van der Waals surface area (Å²) in [6.45, 7) is -0.736. The first-order valence-electron chi connectivity index (χ1n) is 5.89. The predicted octanol–water partition coefficient (Wildman–Crippen LogP) is -4.12. The minimum Gasteiger partial charge on any atom is -0.394 e. The molecule has 19 heavy (non-hydrogen) atoms. The molecule has 2 aliphatic heterocycles. The van der Waals surface area contributed by atoms with Gasteiger partial charge in [0.25, 0.3) is 0 Å². The van der Waals surface area contributed by atoms with E-state index in [0.717, 1.165) is 0 Å². The molecule has 0 aromatic heterocycles. The summed E-state index contributed by atoms with van der Waals surface area (Å²) in [7, 11) is 0. The molecule has 2 fully saturated rings. The van der Waals surface area contributed by atoms with Gasteiger partial charge in [0, 0.05) is 0 Å². The largest absolute Gasteiger partial charge is 0.394 e. The topological polar surface area (TPSA) is 149 Å². The maximum Gasteiger partial charge on any atom is 0.186 e. The first-order chi connectivity index (χ1) is 8.95. The van der Waals surface area contributed by atoms with E-state index in [-0.39, 0.29) is 6.61 Å². The number of aliphatic hydroxyl groups excluding tert-OH is 6. The maximum absolute atomic E-state index is 9.59. The molecule has 0 aromatic carbocycles. The predicted molar refractivity (Wildman–Crippen MR) is 56.6 cm³/mol. The van der Waals surface area contributed by atoms with Crippen molar-refractivity contribution in [2.45, 2.75) is 49.2 Å². The van der Waals surface area contributed by atoms with Crippen LogP contribution in [0.3, 0.4) is 0 Å². The van der Waals surface area contributed by atoms with Crippen molar-refractivity contribution in [2.24, 2.45) is 0 Å². The summed E-state index contributed by atoms with van der Waals surface area (Å²) < 4.78 is 15.0. The van der Waals surface area contributed by atoms with Crippen LogP contribution in [0.4, 0.5) is 0 Å². The Hall–Kier alpha value is -0.360. The zero-order valence-electron chi connectivity index (χ0n) is 9.94. The van der Waals surface area contributed by atoms with Crippen LogP contribution < -0.4 is 0 Å². The molecule has 0 aliphatic carbocycles. The van der Waals surface area contributed by atoms with Gasteiger partial charge >= 0.3 is 0 Å². The first-order valence-corrected chi connectivity index (χ1v) is 5.89. The second-order valence-electron chi connectivity index (χ2n) is 4.59. The third-order valence-corrected chi connectivity index (χ3v) is 3.26. The molecular formula is C10H18O9. The molecule has 0 saturated carbocycles. The number of ether oxygens (including phenoxy) is 3. The van der Waals surface area contributed by atoms with Crippen LogP contribution in [0.25, 0.3) is 0 Å². The van der Waals surface area contributed by atoms with Gasteiger partial charge in [-0.3, -0.25) is 0 Å². The minimum absolute atomic E-state index is 0.262. The van der Waals surface area contributed by atoms with E-state index in [1.165, 1.54) is 0 Å². The highest BCUT2D eigenvalue weighted by atomic mass is 16.7.